The first-order valence-corrected chi connectivity index (χ1v) is 13.9. The van der Waals surface area contributed by atoms with Crippen molar-refractivity contribution in [1.82, 2.24) is 9.78 Å². The predicted octanol–water partition coefficient (Wildman–Crippen LogP) is 6.40. The largest absolute Gasteiger partial charge is 0.496 e. The van der Waals surface area contributed by atoms with Crippen LogP contribution in [0.25, 0.3) is 11.1 Å². The van der Waals surface area contributed by atoms with E-state index < -0.39 is 17.3 Å². The maximum Gasteiger partial charge on any atom is 0.435 e. The Morgan fingerprint density at radius 1 is 1.12 bits per heavy atom. The summed E-state index contributed by atoms with van der Waals surface area (Å²) >= 11 is 0. The van der Waals surface area contributed by atoms with Crippen LogP contribution in [0.5, 0.6) is 5.75 Å². The minimum Gasteiger partial charge on any atom is -0.496 e. The van der Waals surface area contributed by atoms with Gasteiger partial charge in [-0.2, -0.15) is 9.78 Å². The highest BCUT2D eigenvalue weighted by Crippen LogP contribution is 2.57. The van der Waals surface area contributed by atoms with Crippen LogP contribution in [0.3, 0.4) is 0 Å². The monoisotopic (exact) mass is 564 g/mol. The van der Waals surface area contributed by atoms with Crippen LogP contribution >= 0.6 is 0 Å². The molecule has 0 radical (unpaired) electrons. The summed E-state index contributed by atoms with van der Waals surface area (Å²) in [6.07, 6.45) is 3.12. The van der Waals surface area contributed by atoms with E-state index in [0.29, 0.717) is 31.6 Å². The number of hydrogen-bond donors (Lipinski definition) is 0. The zero-order valence-electron chi connectivity index (χ0n) is 24.4. The molecule has 3 aromatic rings. The molecule has 1 saturated carbocycles. The van der Waals surface area contributed by atoms with E-state index >= 15 is 0 Å². The second-order valence-corrected chi connectivity index (χ2v) is 12.0. The number of ether oxygens (including phenoxy) is 4. The van der Waals surface area contributed by atoms with Crippen LogP contribution < -0.4 is 4.74 Å². The molecule has 1 saturated heterocycles. The first-order chi connectivity index (χ1) is 19.4. The van der Waals surface area contributed by atoms with E-state index in [4.69, 9.17) is 18.9 Å². The molecule has 4 unspecified atom stereocenters. The second kappa shape index (κ2) is 10.9. The van der Waals surface area contributed by atoms with E-state index in [2.05, 4.69) is 11.2 Å². The first kappa shape index (κ1) is 28.8. The maximum absolute atomic E-state index is 13.8. The molecule has 0 bridgehead atoms. The van der Waals surface area contributed by atoms with Crippen molar-refractivity contribution in [3.05, 3.63) is 71.3 Å². The van der Waals surface area contributed by atoms with Crippen molar-refractivity contribution in [2.24, 2.45) is 5.92 Å². The number of hydrogen-bond acceptors (Lipinski definition) is 7. The number of carbonyl (C=O) groups is 2. The van der Waals surface area contributed by atoms with Gasteiger partial charge >= 0.3 is 12.1 Å². The molecule has 218 valence electrons. The van der Waals surface area contributed by atoms with Gasteiger partial charge in [0, 0.05) is 29.2 Å². The Bertz CT molecular complexity index is 1440. The Morgan fingerprint density at radius 3 is 2.51 bits per heavy atom. The summed E-state index contributed by atoms with van der Waals surface area (Å²) < 4.78 is 38.0. The Labute approximate surface area is 239 Å². The fourth-order valence-electron chi connectivity index (χ4n) is 6.46. The Morgan fingerprint density at radius 2 is 1.85 bits per heavy atom. The summed E-state index contributed by atoms with van der Waals surface area (Å²) in [7, 11) is 3.04. The van der Waals surface area contributed by atoms with Gasteiger partial charge in [0.25, 0.3) is 0 Å². The van der Waals surface area contributed by atoms with Gasteiger partial charge in [-0.25, -0.2) is 9.18 Å². The number of rotatable bonds is 5. The fraction of sp³-hybridized carbons (Fsp3) is 0.469. The lowest BCUT2D eigenvalue weighted by Gasteiger charge is -2.33. The summed E-state index contributed by atoms with van der Waals surface area (Å²) in [6, 6.07) is 12.3. The van der Waals surface area contributed by atoms with Gasteiger partial charge in [-0.05, 0) is 82.3 Å². The molecule has 2 aromatic carbocycles. The lowest BCUT2D eigenvalue weighted by molar-refractivity contribution is -0.146. The zero-order valence-corrected chi connectivity index (χ0v) is 24.4. The van der Waals surface area contributed by atoms with Crippen molar-refractivity contribution < 1.29 is 32.9 Å². The Balaban J connectivity index is 1.47. The van der Waals surface area contributed by atoms with Crippen LogP contribution in [0.1, 0.15) is 68.7 Å². The van der Waals surface area contributed by atoms with Crippen LogP contribution in [0, 0.1) is 18.7 Å². The molecule has 4 atom stereocenters. The molecule has 1 aromatic heterocycles. The lowest BCUT2D eigenvalue weighted by Crippen LogP contribution is -2.35. The number of esters is 1. The van der Waals surface area contributed by atoms with Gasteiger partial charge < -0.3 is 18.9 Å². The van der Waals surface area contributed by atoms with Crippen molar-refractivity contribution in [3.63, 3.8) is 0 Å². The van der Waals surface area contributed by atoms with Crippen molar-refractivity contribution in [2.45, 2.75) is 70.0 Å². The van der Waals surface area contributed by atoms with E-state index in [1.54, 1.807) is 25.4 Å². The molecule has 0 amide bonds. The summed E-state index contributed by atoms with van der Waals surface area (Å²) in [6.45, 7) is 7.74. The highest BCUT2D eigenvalue weighted by Gasteiger charge is 2.56. The van der Waals surface area contributed by atoms with E-state index in [-0.39, 0.29) is 29.5 Å². The van der Waals surface area contributed by atoms with Crippen LogP contribution in [0.15, 0.2) is 48.7 Å². The van der Waals surface area contributed by atoms with Crippen LogP contribution in [-0.2, 0) is 19.0 Å². The number of aromatic nitrogens is 2. The third kappa shape index (κ3) is 5.60. The van der Waals surface area contributed by atoms with Gasteiger partial charge in [0.05, 0.1) is 38.0 Å². The zero-order chi connectivity index (χ0) is 29.5. The average molecular weight is 565 g/mol. The van der Waals surface area contributed by atoms with E-state index in [0.717, 1.165) is 28.0 Å². The molecule has 0 N–H and O–H groups in total. The Hall–Kier alpha value is -3.72. The number of methoxy groups -OCH3 is 2. The van der Waals surface area contributed by atoms with Gasteiger partial charge in [0.15, 0.2) is 0 Å². The van der Waals surface area contributed by atoms with Gasteiger partial charge in [0.2, 0.25) is 0 Å². The molecule has 41 heavy (non-hydrogen) atoms. The molecule has 9 heteroatoms. The Kier molecular flexibility index (Phi) is 7.68. The molecule has 2 aliphatic rings. The number of nitrogens with zero attached hydrogens (tertiary/aromatic N) is 2. The lowest BCUT2D eigenvalue weighted by atomic mass is 9.76. The third-order valence-electron chi connectivity index (χ3n) is 8.20. The number of aryl methyl sites for hydroxylation is 1. The fourth-order valence-corrected chi connectivity index (χ4v) is 6.46. The second-order valence-electron chi connectivity index (χ2n) is 12.0. The molecule has 1 aliphatic heterocycles. The molecule has 1 aliphatic carbocycles. The van der Waals surface area contributed by atoms with Crippen molar-refractivity contribution in [2.75, 3.05) is 20.8 Å². The number of carbonyl (C=O) groups excluding carboxylic acids is 2. The topological polar surface area (TPSA) is 88.9 Å². The highest BCUT2D eigenvalue weighted by molar-refractivity contribution is 5.75. The van der Waals surface area contributed by atoms with E-state index in [1.807, 2.05) is 39.8 Å². The predicted molar refractivity (Wildman–Crippen MR) is 151 cm³/mol. The minimum atomic E-state index is -0.637. The van der Waals surface area contributed by atoms with Crippen LogP contribution in [-0.4, -0.2) is 53.9 Å². The molecule has 1 spiro atoms. The first-order valence-electron chi connectivity index (χ1n) is 13.9. The standard InChI is InChI=1S/C32H37FN2O6/c1-19-26(17-35(34-19)30(37)41-31(2,3)4)21-9-12-27(38-5)25(15-21)22-16-32(40-18-22)14-13-24(29(36)39-6)28(32)20-7-10-23(33)11-8-20/h7-12,15,17,22,24,28H,13-14,16,18H2,1-6H3. The van der Waals surface area contributed by atoms with E-state index in [1.165, 1.54) is 23.9 Å². The quantitative estimate of drug-likeness (QED) is 0.331. The molecule has 2 heterocycles. The van der Waals surface area contributed by atoms with Gasteiger partial charge in [-0.15, -0.1) is 0 Å². The molecular weight excluding hydrogens is 527 g/mol. The molecule has 2 fully saturated rings. The molecule has 5 rings (SSSR count). The van der Waals surface area contributed by atoms with Crippen molar-refractivity contribution >= 4 is 12.1 Å². The minimum absolute atomic E-state index is 0.00884. The van der Waals surface area contributed by atoms with Crippen molar-refractivity contribution in [3.8, 4) is 16.9 Å². The third-order valence-corrected chi connectivity index (χ3v) is 8.20. The van der Waals surface area contributed by atoms with Crippen LogP contribution in [0.4, 0.5) is 9.18 Å². The number of halogens is 1. The maximum atomic E-state index is 13.8. The smallest absolute Gasteiger partial charge is 0.435 e. The normalized spacial score (nSPS) is 24.0. The van der Waals surface area contributed by atoms with E-state index in [9.17, 15) is 14.0 Å². The number of benzene rings is 2. The average Bonchev–Trinajstić information content (AvgIpc) is 3.65. The summed E-state index contributed by atoms with van der Waals surface area (Å²) in [5.41, 5.74) is 3.00. The van der Waals surface area contributed by atoms with Gasteiger partial charge in [-0.3, -0.25) is 4.79 Å². The summed E-state index contributed by atoms with van der Waals surface area (Å²) in [5.74, 6) is -0.515. The van der Waals surface area contributed by atoms with Crippen LogP contribution in [0.2, 0.25) is 0 Å². The summed E-state index contributed by atoms with van der Waals surface area (Å²) in [4.78, 5) is 25.4. The molecular formula is C32H37FN2O6. The summed E-state index contributed by atoms with van der Waals surface area (Å²) in [5, 5.41) is 4.40. The highest BCUT2D eigenvalue weighted by atomic mass is 19.1. The SMILES string of the molecule is COC(=O)C1CCC2(CC(c3cc(-c4cn(C(=O)OC(C)(C)C)nc4C)ccc3OC)CO2)C1c1ccc(F)cc1. The van der Waals surface area contributed by atoms with Gasteiger partial charge in [0.1, 0.15) is 17.2 Å². The van der Waals surface area contributed by atoms with Crippen molar-refractivity contribution in [1.29, 1.82) is 0 Å². The van der Waals surface area contributed by atoms with Gasteiger partial charge in [-0.1, -0.05) is 18.2 Å². The molecule has 8 nitrogen and oxygen atoms in total.